The Morgan fingerprint density at radius 2 is 2.21 bits per heavy atom. The third-order valence-corrected chi connectivity index (χ3v) is 2.74. The predicted octanol–water partition coefficient (Wildman–Crippen LogP) is -0.646. The van der Waals surface area contributed by atoms with Crippen LogP contribution in [-0.4, -0.2) is 49.5 Å². The number of hydroxylamine groups is 2. The van der Waals surface area contributed by atoms with Crippen molar-refractivity contribution in [1.29, 1.82) is 0 Å². The van der Waals surface area contributed by atoms with Crippen LogP contribution in [0.15, 0.2) is 5.16 Å². The zero-order valence-corrected chi connectivity index (χ0v) is 11.2. The van der Waals surface area contributed by atoms with Gasteiger partial charge in [-0.25, -0.2) is 0 Å². The van der Waals surface area contributed by atoms with Crippen molar-refractivity contribution >= 4 is 17.6 Å². The Kier molecular flexibility index (Phi) is 6.23. The van der Waals surface area contributed by atoms with E-state index in [9.17, 15) is 9.59 Å². The van der Waals surface area contributed by atoms with Gasteiger partial charge in [0.2, 0.25) is 0 Å². The fourth-order valence-electron chi connectivity index (χ4n) is 1.53. The largest absolute Gasteiger partial charge is 0.469 e. The molecule has 0 saturated carbocycles. The van der Waals surface area contributed by atoms with Crippen molar-refractivity contribution in [3.05, 3.63) is 0 Å². The first-order valence-electron chi connectivity index (χ1n) is 6.14. The second-order valence-corrected chi connectivity index (χ2v) is 4.19. The fourth-order valence-corrected chi connectivity index (χ4v) is 1.53. The molecule has 0 spiro atoms. The summed E-state index contributed by atoms with van der Waals surface area (Å²) in [6, 6.07) is 0. The maximum absolute atomic E-state index is 11.7. The van der Waals surface area contributed by atoms with Gasteiger partial charge >= 0.3 is 5.97 Å². The molecule has 1 amide bonds. The molecule has 1 heterocycles. The maximum atomic E-state index is 11.7. The number of hydrogen-bond donors (Lipinski definition) is 2. The molecule has 0 aromatic rings. The van der Waals surface area contributed by atoms with Crippen molar-refractivity contribution in [3.8, 4) is 0 Å². The molecular formula is C11H20N4O4. The van der Waals surface area contributed by atoms with Crippen molar-refractivity contribution in [2.45, 2.75) is 31.8 Å². The zero-order valence-electron chi connectivity index (χ0n) is 11.2. The lowest BCUT2D eigenvalue weighted by Crippen LogP contribution is -2.46. The Morgan fingerprint density at radius 1 is 1.47 bits per heavy atom. The molecular weight excluding hydrogens is 252 g/mol. The molecule has 8 nitrogen and oxygen atoms in total. The summed E-state index contributed by atoms with van der Waals surface area (Å²) < 4.78 is 4.53. The van der Waals surface area contributed by atoms with E-state index in [-0.39, 0.29) is 17.6 Å². The second kappa shape index (κ2) is 7.70. The summed E-state index contributed by atoms with van der Waals surface area (Å²) in [6.07, 6.45) is 2.13. The van der Waals surface area contributed by atoms with E-state index in [4.69, 9.17) is 10.7 Å². The number of oxime groups is 1. The summed E-state index contributed by atoms with van der Waals surface area (Å²) in [7, 11) is 2.97. The normalized spacial score (nSPS) is 18.7. The highest BCUT2D eigenvalue weighted by atomic mass is 16.8. The average Bonchev–Trinajstić information content (AvgIpc) is 2.73. The van der Waals surface area contributed by atoms with Crippen LogP contribution in [0, 0.1) is 0 Å². The van der Waals surface area contributed by atoms with Gasteiger partial charge < -0.3 is 15.8 Å². The van der Waals surface area contributed by atoms with Crippen molar-refractivity contribution in [2.24, 2.45) is 10.9 Å². The van der Waals surface area contributed by atoms with Gasteiger partial charge in [-0.2, -0.15) is 0 Å². The quantitative estimate of drug-likeness (QED) is 0.471. The number of esters is 1. The maximum Gasteiger partial charge on any atom is 0.305 e. The summed E-state index contributed by atoms with van der Waals surface area (Å²) in [5, 5.41) is 7.59. The minimum Gasteiger partial charge on any atom is -0.469 e. The van der Waals surface area contributed by atoms with Crippen LogP contribution in [0.5, 0.6) is 0 Å². The number of carbonyl (C=O) groups is 2. The van der Waals surface area contributed by atoms with Crippen LogP contribution in [0.1, 0.15) is 25.7 Å². The molecule has 0 aromatic carbocycles. The molecule has 19 heavy (non-hydrogen) atoms. The summed E-state index contributed by atoms with van der Waals surface area (Å²) in [5.41, 5.74) is 5.85. The molecule has 0 radical (unpaired) electrons. The van der Waals surface area contributed by atoms with E-state index in [2.05, 4.69) is 15.2 Å². The topological polar surface area (TPSA) is 106 Å². The molecule has 1 rings (SSSR count). The molecule has 0 saturated heterocycles. The van der Waals surface area contributed by atoms with Gasteiger partial charge in [0.1, 0.15) is 6.17 Å². The Hall–Kier alpha value is -1.67. The monoisotopic (exact) mass is 272 g/mol. The van der Waals surface area contributed by atoms with Gasteiger partial charge in [0.05, 0.1) is 7.11 Å². The van der Waals surface area contributed by atoms with Crippen LogP contribution >= 0.6 is 0 Å². The number of methoxy groups -OCH3 is 1. The summed E-state index contributed by atoms with van der Waals surface area (Å²) in [5.74, 6) is -0.541. The van der Waals surface area contributed by atoms with Crippen LogP contribution in [0.25, 0.3) is 0 Å². The Bertz CT molecular complexity index is 359. The van der Waals surface area contributed by atoms with E-state index >= 15 is 0 Å². The van der Waals surface area contributed by atoms with Gasteiger partial charge in [-0.3, -0.25) is 14.5 Å². The lowest BCUT2D eigenvalue weighted by atomic mass is 10.2. The average molecular weight is 272 g/mol. The lowest BCUT2D eigenvalue weighted by molar-refractivity contribution is -0.140. The second-order valence-electron chi connectivity index (χ2n) is 4.19. The molecule has 0 bridgehead atoms. The van der Waals surface area contributed by atoms with Crippen LogP contribution in [0.4, 0.5) is 0 Å². The molecule has 1 unspecified atom stereocenters. The number of unbranched alkanes of at least 4 members (excludes halogenated alkanes) is 2. The minimum absolute atomic E-state index is 0.164. The van der Waals surface area contributed by atoms with Gasteiger partial charge in [-0.1, -0.05) is 16.6 Å². The number of hydrogen-bond acceptors (Lipinski definition) is 7. The molecule has 8 heteroatoms. The highest BCUT2D eigenvalue weighted by Crippen LogP contribution is 2.05. The van der Waals surface area contributed by atoms with E-state index in [0.717, 1.165) is 19.3 Å². The van der Waals surface area contributed by atoms with Gasteiger partial charge in [-0.05, 0) is 12.8 Å². The SMILES string of the molecule is COC(=O)CCCCCNC(=O)C1=NON(C)C1N. The van der Waals surface area contributed by atoms with Crippen molar-refractivity contribution < 1.29 is 19.3 Å². The van der Waals surface area contributed by atoms with Crippen molar-refractivity contribution in [2.75, 3.05) is 20.7 Å². The number of ether oxygens (including phenoxy) is 1. The standard InChI is InChI=1S/C11H20N4O4/c1-15-10(12)9(14-19-15)11(17)13-7-5-3-4-6-8(16)18-2/h10H,3-7,12H2,1-2H3,(H,13,17). The Balaban J connectivity index is 2.10. The molecule has 108 valence electrons. The molecule has 1 aliphatic rings. The Labute approximate surface area is 111 Å². The van der Waals surface area contributed by atoms with Gasteiger partial charge in [0.15, 0.2) is 5.71 Å². The van der Waals surface area contributed by atoms with E-state index in [1.807, 2.05) is 0 Å². The first kappa shape index (κ1) is 15.4. The Morgan fingerprint density at radius 3 is 2.79 bits per heavy atom. The minimum atomic E-state index is -0.640. The van der Waals surface area contributed by atoms with Gasteiger partial charge in [0, 0.05) is 20.0 Å². The lowest BCUT2D eigenvalue weighted by Gasteiger charge is -2.11. The van der Waals surface area contributed by atoms with E-state index in [0.29, 0.717) is 13.0 Å². The number of nitrogens with one attached hydrogen (secondary N) is 1. The van der Waals surface area contributed by atoms with Crippen LogP contribution < -0.4 is 11.1 Å². The van der Waals surface area contributed by atoms with Gasteiger partial charge in [0.25, 0.3) is 5.91 Å². The van der Waals surface area contributed by atoms with Gasteiger partial charge in [-0.15, -0.1) is 0 Å². The van der Waals surface area contributed by atoms with E-state index < -0.39 is 6.17 Å². The van der Waals surface area contributed by atoms with Crippen LogP contribution in [0.3, 0.4) is 0 Å². The first-order chi connectivity index (χ1) is 9.06. The molecule has 3 N–H and O–H groups in total. The highest BCUT2D eigenvalue weighted by Gasteiger charge is 2.30. The van der Waals surface area contributed by atoms with Crippen molar-refractivity contribution in [3.63, 3.8) is 0 Å². The smallest absolute Gasteiger partial charge is 0.305 e. The first-order valence-corrected chi connectivity index (χ1v) is 6.14. The van der Waals surface area contributed by atoms with Crippen LogP contribution in [-0.2, 0) is 19.3 Å². The third-order valence-electron chi connectivity index (χ3n) is 2.74. The number of nitrogens with two attached hydrogens (primary N) is 1. The molecule has 0 aliphatic carbocycles. The summed E-state index contributed by atoms with van der Waals surface area (Å²) >= 11 is 0. The molecule has 1 atom stereocenters. The molecule has 0 fully saturated rings. The highest BCUT2D eigenvalue weighted by molar-refractivity contribution is 6.40. The zero-order chi connectivity index (χ0) is 14.3. The van der Waals surface area contributed by atoms with E-state index in [1.165, 1.54) is 12.2 Å². The van der Waals surface area contributed by atoms with Crippen LogP contribution in [0.2, 0.25) is 0 Å². The fraction of sp³-hybridized carbons (Fsp3) is 0.727. The number of carbonyl (C=O) groups excluding carboxylic acids is 2. The number of rotatable bonds is 7. The predicted molar refractivity (Wildman–Crippen MR) is 67.8 cm³/mol. The summed E-state index contributed by atoms with van der Waals surface area (Å²) in [4.78, 5) is 27.3. The number of amides is 1. The van der Waals surface area contributed by atoms with E-state index in [1.54, 1.807) is 7.05 Å². The van der Waals surface area contributed by atoms with Crippen molar-refractivity contribution in [1.82, 2.24) is 10.4 Å². The summed E-state index contributed by atoms with van der Waals surface area (Å²) in [6.45, 7) is 0.509. The number of nitrogens with zero attached hydrogens (tertiary/aromatic N) is 2. The molecule has 0 aromatic heterocycles. The molecule has 1 aliphatic heterocycles. The third kappa shape index (κ3) is 4.84.